The van der Waals surface area contributed by atoms with E-state index in [0.29, 0.717) is 17.1 Å². The molecule has 0 saturated carbocycles. The molecule has 2 aromatic carbocycles. The van der Waals surface area contributed by atoms with Gasteiger partial charge < -0.3 is 5.73 Å². The summed E-state index contributed by atoms with van der Waals surface area (Å²) in [4.78, 5) is 4.43. The van der Waals surface area contributed by atoms with Gasteiger partial charge in [0.2, 0.25) is 0 Å². The topological polar surface area (TPSA) is 43.8 Å². The van der Waals surface area contributed by atoms with Crippen molar-refractivity contribution in [2.75, 3.05) is 11.5 Å². The Balaban J connectivity index is 2.01. The van der Waals surface area contributed by atoms with Crippen molar-refractivity contribution in [2.45, 2.75) is 17.5 Å². The Hall–Kier alpha value is -1.47. The summed E-state index contributed by atoms with van der Waals surface area (Å²) in [6.45, 7) is 2.32. The molecule has 1 aliphatic rings. The van der Waals surface area contributed by atoms with Crippen LogP contribution in [0, 0.1) is 12.7 Å². The lowest BCUT2D eigenvalue weighted by molar-refractivity contribution is 0.609. The Bertz CT molecular complexity index is 983. The minimum Gasteiger partial charge on any atom is -0.325 e. The van der Waals surface area contributed by atoms with Crippen LogP contribution in [0.15, 0.2) is 48.7 Å². The Morgan fingerprint density at radius 3 is 2.63 bits per heavy atom. The average molecular weight is 420 g/mol. The van der Waals surface area contributed by atoms with Crippen LogP contribution in [-0.2, 0) is 10.6 Å². The molecule has 0 atom stereocenters. The third kappa shape index (κ3) is 3.18. The van der Waals surface area contributed by atoms with E-state index in [1.54, 1.807) is 35.8 Å². The van der Waals surface area contributed by atoms with Crippen molar-refractivity contribution in [1.29, 1.82) is 0 Å². The van der Waals surface area contributed by atoms with Gasteiger partial charge in [0.05, 0.1) is 17.6 Å². The standard InChI is InChI=1S/C20H19ClFN3S2/c1-13-24-12-15(11-23)25(13)19-7-6-14(21)10-17(19)20(26-8-9-27-20)16-4-2-3-5-18(16)22/h2-7,10,12H,8-9,11,23H2,1H3. The van der Waals surface area contributed by atoms with E-state index in [1.165, 1.54) is 6.07 Å². The van der Waals surface area contributed by atoms with E-state index < -0.39 is 4.08 Å². The first-order chi connectivity index (χ1) is 13.1. The number of rotatable bonds is 4. The highest BCUT2D eigenvalue weighted by atomic mass is 35.5. The summed E-state index contributed by atoms with van der Waals surface area (Å²) in [5.41, 5.74) is 9.45. The summed E-state index contributed by atoms with van der Waals surface area (Å²) in [7, 11) is 0. The number of imidazole rings is 1. The molecule has 0 amide bonds. The number of hydrogen-bond donors (Lipinski definition) is 1. The zero-order valence-corrected chi connectivity index (χ0v) is 17.2. The molecule has 2 N–H and O–H groups in total. The minimum absolute atomic E-state index is 0.202. The maximum Gasteiger partial charge on any atom is 0.129 e. The van der Waals surface area contributed by atoms with Gasteiger partial charge in [-0.2, -0.15) is 0 Å². The number of thioether (sulfide) groups is 2. The van der Waals surface area contributed by atoms with Crippen LogP contribution in [0.3, 0.4) is 0 Å². The van der Waals surface area contributed by atoms with Crippen molar-refractivity contribution in [3.63, 3.8) is 0 Å². The summed E-state index contributed by atoms with van der Waals surface area (Å²) in [6, 6.07) is 12.8. The summed E-state index contributed by atoms with van der Waals surface area (Å²) < 4.78 is 16.4. The molecule has 7 heteroatoms. The molecule has 27 heavy (non-hydrogen) atoms. The highest BCUT2D eigenvalue weighted by Crippen LogP contribution is 2.58. The number of halogens is 2. The minimum atomic E-state index is -0.561. The molecule has 0 spiro atoms. The quantitative estimate of drug-likeness (QED) is 0.637. The van der Waals surface area contributed by atoms with Gasteiger partial charge in [-0.15, -0.1) is 23.5 Å². The number of nitrogens with zero attached hydrogens (tertiary/aromatic N) is 2. The van der Waals surface area contributed by atoms with Crippen LogP contribution < -0.4 is 5.73 Å². The summed E-state index contributed by atoms with van der Waals surface area (Å²) in [6.07, 6.45) is 1.79. The van der Waals surface area contributed by atoms with Gasteiger partial charge in [-0.25, -0.2) is 9.37 Å². The van der Waals surface area contributed by atoms with Crippen LogP contribution >= 0.6 is 35.1 Å². The Labute approximate surface area is 171 Å². The highest BCUT2D eigenvalue weighted by Gasteiger charge is 2.43. The first-order valence-electron chi connectivity index (χ1n) is 8.63. The van der Waals surface area contributed by atoms with Gasteiger partial charge in [0.15, 0.2) is 0 Å². The maximum absolute atomic E-state index is 14.9. The summed E-state index contributed by atoms with van der Waals surface area (Å²) in [5.74, 6) is 2.53. The van der Waals surface area contributed by atoms with Gasteiger partial charge in [0.25, 0.3) is 0 Å². The van der Waals surface area contributed by atoms with E-state index in [9.17, 15) is 4.39 Å². The molecular formula is C20H19ClFN3S2. The van der Waals surface area contributed by atoms with E-state index in [-0.39, 0.29) is 5.82 Å². The third-order valence-electron chi connectivity index (χ3n) is 4.70. The number of aryl methyl sites for hydroxylation is 1. The molecule has 140 valence electrons. The lowest BCUT2D eigenvalue weighted by atomic mass is 10.0. The molecule has 1 saturated heterocycles. The SMILES string of the molecule is Cc1ncc(CN)n1-c1ccc(Cl)cc1C1(c2ccccc2F)SCCS1. The number of hydrogen-bond acceptors (Lipinski definition) is 4. The van der Waals surface area contributed by atoms with Crippen molar-refractivity contribution in [1.82, 2.24) is 9.55 Å². The average Bonchev–Trinajstić information content (AvgIpc) is 3.30. The van der Waals surface area contributed by atoms with Crippen molar-refractivity contribution < 1.29 is 4.39 Å². The van der Waals surface area contributed by atoms with Crippen molar-refractivity contribution in [3.05, 3.63) is 82.1 Å². The zero-order chi connectivity index (χ0) is 19.0. The van der Waals surface area contributed by atoms with Gasteiger partial charge in [0.1, 0.15) is 15.7 Å². The van der Waals surface area contributed by atoms with Crippen LogP contribution in [0.5, 0.6) is 0 Å². The first kappa shape index (κ1) is 18.9. The molecule has 0 aliphatic carbocycles. The lowest BCUT2D eigenvalue weighted by Gasteiger charge is -2.31. The van der Waals surface area contributed by atoms with E-state index >= 15 is 0 Å². The number of aromatic nitrogens is 2. The van der Waals surface area contributed by atoms with Gasteiger partial charge >= 0.3 is 0 Å². The zero-order valence-electron chi connectivity index (χ0n) is 14.8. The Kier molecular flexibility index (Phi) is 5.25. The van der Waals surface area contributed by atoms with E-state index in [0.717, 1.165) is 34.3 Å². The smallest absolute Gasteiger partial charge is 0.129 e. The maximum atomic E-state index is 14.9. The predicted molar refractivity (Wildman–Crippen MR) is 113 cm³/mol. The fourth-order valence-corrected chi connectivity index (χ4v) is 7.05. The summed E-state index contributed by atoms with van der Waals surface area (Å²) >= 11 is 9.90. The predicted octanol–water partition coefficient (Wildman–Crippen LogP) is 5.11. The normalized spacial score (nSPS) is 16.0. The fraction of sp³-hybridized carbons (Fsp3) is 0.250. The molecular weight excluding hydrogens is 401 g/mol. The van der Waals surface area contributed by atoms with Crippen molar-refractivity contribution in [3.8, 4) is 5.69 Å². The lowest BCUT2D eigenvalue weighted by Crippen LogP contribution is -2.22. The molecule has 0 unspecified atom stereocenters. The molecule has 0 bridgehead atoms. The second kappa shape index (κ2) is 7.51. The van der Waals surface area contributed by atoms with Crippen molar-refractivity contribution in [2.24, 2.45) is 5.73 Å². The molecule has 1 aromatic heterocycles. The first-order valence-corrected chi connectivity index (χ1v) is 11.0. The molecule has 4 rings (SSSR count). The second-order valence-corrected chi connectivity index (χ2v) is 9.60. The van der Waals surface area contributed by atoms with Gasteiger partial charge in [-0.05, 0) is 31.2 Å². The number of nitrogens with two attached hydrogens (primary N) is 1. The van der Waals surface area contributed by atoms with E-state index in [2.05, 4.69) is 4.98 Å². The van der Waals surface area contributed by atoms with Crippen LogP contribution in [0.4, 0.5) is 4.39 Å². The summed E-state index contributed by atoms with van der Waals surface area (Å²) in [5, 5.41) is 0.629. The van der Waals surface area contributed by atoms with Gasteiger partial charge in [-0.1, -0.05) is 29.8 Å². The molecule has 1 fully saturated rings. The third-order valence-corrected chi connectivity index (χ3v) is 8.41. The molecule has 1 aliphatic heterocycles. The van der Waals surface area contributed by atoms with E-state index in [4.69, 9.17) is 17.3 Å². The highest BCUT2D eigenvalue weighted by molar-refractivity contribution is 8.20. The largest absolute Gasteiger partial charge is 0.325 e. The molecule has 2 heterocycles. The van der Waals surface area contributed by atoms with Crippen LogP contribution in [0.2, 0.25) is 5.02 Å². The Morgan fingerprint density at radius 2 is 1.93 bits per heavy atom. The van der Waals surface area contributed by atoms with Crippen LogP contribution in [-0.4, -0.2) is 21.1 Å². The molecule has 3 nitrogen and oxygen atoms in total. The Morgan fingerprint density at radius 1 is 1.19 bits per heavy atom. The molecule has 0 radical (unpaired) electrons. The van der Waals surface area contributed by atoms with Crippen molar-refractivity contribution >= 4 is 35.1 Å². The van der Waals surface area contributed by atoms with Crippen LogP contribution in [0.25, 0.3) is 5.69 Å². The number of benzene rings is 2. The second-order valence-electron chi connectivity index (χ2n) is 6.29. The van der Waals surface area contributed by atoms with Crippen LogP contribution in [0.1, 0.15) is 22.6 Å². The monoisotopic (exact) mass is 419 g/mol. The van der Waals surface area contributed by atoms with Gasteiger partial charge in [0, 0.05) is 34.2 Å². The van der Waals surface area contributed by atoms with E-state index in [1.807, 2.05) is 41.8 Å². The molecule has 3 aromatic rings. The fourth-order valence-electron chi connectivity index (χ4n) is 3.53. The van der Waals surface area contributed by atoms with Gasteiger partial charge in [-0.3, -0.25) is 4.57 Å².